The van der Waals surface area contributed by atoms with E-state index >= 15 is 0 Å². The predicted octanol–water partition coefficient (Wildman–Crippen LogP) is -0.707. The fourth-order valence-corrected chi connectivity index (χ4v) is 0.468. The first kappa shape index (κ1) is 6.71. The Morgan fingerprint density at radius 3 is 2.14 bits per heavy atom. The second kappa shape index (κ2) is 2.13. The van der Waals surface area contributed by atoms with Crippen molar-refractivity contribution in [2.45, 2.75) is 0 Å². The topological polar surface area (TPSA) is 72.5 Å². The lowest BCUT2D eigenvalue weighted by molar-refractivity contribution is 0.600. The smallest absolute Gasteiger partial charge is 0.209 e. The van der Waals surface area contributed by atoms with Crippen LogP contribution in [0.3, 0.4) is 0 Å². The molecule has 40 valence electrons. The lowest BCUT2D eigenvalue weighted by Gasteiger charge is -1.73. The van der Waals surface area contributed by atoms with Gasteiger partial charge in [-0.2, -0.15) is 8.42 Å². The van der Waals surface area contributed by atoms with Gasteiger partial charge in [-0.25, -0.2) is 5.14 Å². The van der Waals surface area contributed by atoms with E-state index in [2.05, 4.69) is 21.8 Å². The number of nitrogens with two attached hydrogens (primary N) is 1. The molecular formula is CH2N2O2S2. The van der Waals surface area contributed by atoms with Crippen molar-refractivity contribution in [1.82, 2.24) is 0 Å². The highest BCUT2D eigenvalue weighted by molar-refractivity contribution is 7.88. The highest BCUT2D eigenvalue weighted by atomic mass is 32.2. The van der Waals surface area contributed by atoms with E-state index in [9.17, 15) is 8.42 Å². The first-order chi connectivity index (χ1) is 3.06. The largest absolute Gasteiger partial charge is 0.325 e. The van der Waals surface area contributed by atoms with Crippen LogP contribution in [0, 0.1) is 0 Å². The molecule has 0 saturated carbocycles. The molecule has 0 amide bonds. The number of hydrogen-bond donors (Lipinski definition) is 1. The van der Waals surface area contributed by atoms with E-state index in [1.165, 1.54) is 0 Å². The lowest BCUT2D eigenvalue weighted by atomic mass is 11.8. The average Bonchev–Trinajstić information content (AvgIpc) is 1.30. The van der Waals surface area contributed by atoms with E-state index in [0.717, 1.165) is 0 Å². The van der Waals surface area contributed by atoms with Crippen molar-refractivity contribution in [2.75, 3.05) is 0 Å². The van der Waals surface area contributed by atoms with Crippen LogP contribution in [0.4, 0.5) is 0 Å². The molecule has 0 bridgehead atoms. The minimum Gasteiger partial charge on any atom is -0.209 e. The van der Waals surface area contributed by atoms with Gasteiger partial charge in [0.15, 0.2) is 0 Å². The monoisotopic (exact) mass is 138 g/mol. The molecule has 0 unspecified atom stereocenters. The van der Waals surface area contributed by atoms with Crippen molar-refractivity contribution >= 4 is 27.6 Å². The maximum Gasteiger partial charge on any atom is 0.325 e. The number of nitrogens with zero attached hydrogens (tertiary/aromatic N) is 1. The van der Waals surface area contributed by atoms with Crippen molar-refractivity contribution in [3.8, 4) is 0 Å². The molecule has 0 radical (unpaired) electrons. The highest BCUT2D eigenvalue weighted by Gasteiger charge is 1.89. The van der Waals surface area contributed by atoms with Gasteiger partial charge in [0, 0.05) is 0 Å². The lowest BCUT2D eigenvalue weighted by Crippen LogP contribution is -2.06. The van der Waals surface area contributed by atoms with Gasteiger partial charge >= 0.3 is 10.2 Å². The maximum atomic E-state index is 9.71. The normalized spacial score (nSPS) is 9.86. The number of thiocarbonyl (C=S) groups is 1. The van der Waals surface area contributed by atoms with E-state index < -0.39 is 10.2 Å². The Bertz CT molecular complexity index is 186. The number of rotatable bonds is 1. The van der Waals surface area contributed by atoms with Crippen LogP contribution in [0.5, 0.6) is 0 Å². The minimum absolute atomic E-state index is 1.60. The zero-order chi connectivity index (χ0) is 5.91. The van der Waals surface area contributed by atoms with Crippen molar-refractivity contribution in [3.05, 3.63) is 0 Å². The SMILES string of the molecule is NS(=O)(=O)N=C=S. The summed E-state index contributed by atoms with van der Waals surface area (Å²) in [7, 11) is -3.76. The van der Waals surface area contributed by atoms with E-state index in [1.54, 1.807) is 5.16 Å². The molecule has 0 aromatic rings. The van der Waals surface area contributed by atoms with Crippen LogP contribution >= 0.6 is 12.2 Å². The van der Waals surface area contributed by atoms with Crippen LogP contribution in [0.1, 0.15) is 0 Å². The van der Waals surface area contributed by atoms with Crippen LogP contribution in [0.2, 0.25) is 0 Å². The summed E-state index contributed by atoms with van der Waals surface area (Å²) in [6, 6.07) is 0. The summed E-state index contributed by atoms with van der Waals surface area (Å²) in [6.45, 7) is 0. The fraction of sp³-hybridized carbons (Fsp3) is 0. The van der Waals surface area contributed by atoms with Crippen molar-refractivity contribution < 1.29 is 8.42 Å². The first-order valence-corrected chi connectivity index (χ1v) is 3.09. The molecule has 0 aliphatic rings. The molecule has 0 spiro atoms. The third-order valence-electron chi connectivity index (χ3n) is 0.165. The second-order valence-corrected chi connectivity index (χ2v) is 2.09. The van der Waals surface area contributed by atoms with E-state index in [-0.39, 0.29) is 0 Å². The van der Waals surface area contributed by atoms with E-state index in [4.69, 9.17) is 0 Å². The Labute approximate surface area is 46.2 Å². The van der Waals surface area contributed by atoms with Crippen molar-refractivity contribution in [1.29, 1.82) is 0 Å². The van der Waals surface area contributed by atoms with Gasteiger partial charge in [-0.15, -0.1) is 0 Å². The summed E-state index contributed by atoms with van der Waals surface area (Å²) < 4.78 is 22.0. The van der Waals surface area contributed by atoms with Crippen LogP contribution in [-0.2, 0) is 10.2 Å². The van der Waals surface area contributed by atoms with Gasteiger partial charge in [0.25, 0.3) is 0 Å². The van der Waals surface area contributed by atoms with Gasteiger partial charge in [-0.1, -0.05) is 4.40 Å². The number of isothiocyanates is 1. The molecule has 6 heteroatoms. The summed E-state index contributed by atoms with van der Waals surface area (Å²) >= 11 is 3.92. The molecule has 4 nitrogen and oxygen atoms in total. The summed E-state index contributed by atoms with van der Waals surface area (Å²) in [6.07, 6.45) is 0. The molecule has 0 saturated heterocycles. The molecule has 0 fully saturated rings. The van der Waals surface area contributed by atoms with Gasteiger partial charge in [-0.3, -0.25) is 0 Å². The summed E-state index contributed by atoms with van der Waals surface area (Å²) in [5.41, 5.74) is 0. The Morgan fingerprint density at radius 2 is 2.14 bits per heavy atom. The average molecular weight is 138 g/mol. The molecule has 0 aliphatic heterocycles. The van der Waals surface area contributed by atoms with Gasteiger partial charge in [0.05, 0.1) is 5.16 Å². The van der Waals surface area contributed by atoms with E-state index in [1.807, 2.05) is 0 Å². The molecule has 7 heavy (non-hydrogen) atoms. The third-order valence-corrected chi connectivity index (χ3v) is 0.717. The predicted molar refractivity (Wildman–Crippen MR) is 28.1 cm³/mol. The first-order valence-electron chi connectivity index (χ1n) is 1.18. The summed E-state index contributed by atoms with van der Waals surface area (Å²) in [5.74, 6) is 0. The van der Waals surface area contributed by atoms with Crippen LogP contribution < -0.4 is 5.14 Å². The Balaban J connectivity index is 4.44. The molecule has 0 heterocycles. The van der Waals surface area contributed by atoms with Gasteiger partial charge in [0.1, 0.15) is 0 Å². The van der Waals surface area contributed by atoms with Gasteiger partial charge < -0.3 is 0 Å². The van der Waals surface area contributed by atoms with Crippen LogP contribution in [0.15, 0.2) is 4.40 Å². The third kappa shape index (κ3) is 5.71. The Hall–Kier alpha value is -0.290. The standard InChI is InChI=1S/CH2N2O2S2/c2-7(4,5)3-1-6/h(H2,2,4,5). The molecule has 2 N–H and O–H groups in total. The zero-order valence-electron chi connectivity index (χ0n) is 3.16. The summed E-state index contributed by atoms with van der Waals surface area (Å²) in [5, 5.41) is 5.93. The summed E-state index contributed by atoms with van der Waals surface area (Å²) in [4.78, 5) is 0. The maximum absolute atomic E-state index is 9.71. The minimum atomic E-state index is -3.76. The van der Waals surface area contributed by atoms with Crippen LogP contribution in [0.25, 0.3) is 0 Å². The van der Waals surface area contributed by atoms with E-state index in [0.29, 0.717) is 0 Å². The second-order valence-electron chi connectivity index (χ2n) is 0.698. The Morgan fingerprint density at radius 1 is 1.71 bits per heavy atom. The molecule has 0 atom stereocenters. The Kier molecular flexibility index (Phi) is 2.04. The highest BCUT2D eigenvalue weighted by Crippen LogP contribution is 1.70. The molecule has 0 aromatic heterocycles. The van der Waals surface area contributed by atoms with Gasteiger partial charge in [0.2, 0.25) is 0 Å². The van der Waals surface area contributed by atoms with Gasteiger partial charge in [-0.05, 0) is 12.2 Å². The van der Waals surface area contributed by atoms with Crippen molar-refractivity contribution in [2.24, 2.45) is 9.54 Å². The van der Waals surface area contributed by atoms with Crippen LogP contribution in [-0.4, -0.2) is 13.6 Å². The quantitative estimate of drug-likeness (QED) is 0.384. The molecule has 0 aliphatic carbocycles. The molecule has 0 rings (SSSR count). The molecule has 0 aromatic carbocycles. The number of hydrogen-bond acceptors (Lipinski definition) is 3. The zero-order valence-corrected chi connectivity index (χ0v) is 4.79. The molecular weight excluding hydrogens is 136 g/mol. The fourth-order valence-electron chi connectivity index (χ4n) is 0.0519. The van der Waals surface area contributed by atoms with Crippen molar-refractivity contribution in [3.63, 3.8) is 0 Å².